The Morgan fingerprint density at radius 3 is 2.68 bits per heavy atom. The number of aryl methyl sites for hydroxylation is 1. The molecule has 5 heteroatoms. The second-order valence-electron chi connectivity index (χ2n) is 4.61. The molecule has 0 atom stereocenters. The van der Waals surface area contributed by atoms with Gasteiger partial charge in [-0.15, -0.1) is 0 Å². The van der Waals surface area contributed by atoms with Crippen LogP contribution in [0, 0.1) is 13.8 Å². The molecule has 0 aliphatic heterocycles. The zero-order valence-electron chi connectivity index (χ0n) is 11.6. The van der Waals surface area contributed by atoms with Crippen LogP contribution in [0.15, 0.2) is 18.6 Å². The van der Waals surface area contributed by atoms with Crippen molar-refractivity contribution < 1.29 is 0 Å². The molecule has 0 aromatic carbocycles. The molecule has 1 N–H and O–H groups in total. The molecule has 0 radical (unpaired) electrons. The largest absolute Gasteiger partial charge is 0.313 e. The van der Waals surface area contributed by atoms with E-state index in [1.807, 2.05) is 30.7 Å². The second kappa shape index (κ2) is 6.17. The highest BCUT2D eigenvalue weighted by atomic mass is 35.5. The Morgan fingerprint density at radius 2 is 2.11 bits per heavy atom. The van der Waals surface area contributed by atoms with E-state index in [2.05, 4.69) is 22.2 Å². The molecule has 2 rings (SSSR count). The van der Waals surface area contributed by atoms with E-state index in [1.54, 1.807) is 6.33 Å². The van der Waals surface area contributed by atoms with Gasteiger partial charge >= 0.3 is 0 Å². The number of nitrogens with one attached hydrogen (secondary N) is 1. The molecule has 0 fully saturated rings. The first-order valence-corrected chi connectivity index (χ1v) is 6.87. The first-order chi connectivity index (χ1) is 9.13. The summed E-state index contributed by atoms with van der Waals surface area (Å²) in [6.07, 6.45) is 4.74. The summed E-state index contributed by atoms with van der Waals surface area (Å²) in [4.78, 5) is 8.72. The third kappa shape index (κ3) is 3.14. The Labute approximate surface area is 118 Å². The number of hydrogen-bond donors (Lipinski definition) is 1. The molecule has 0 amide bonds. The Kier molecular flexibility index (Phi) is 4.56. The molecule has 2 aromatic rings. The Balaban J connectivity index is 2.22. The molecular weight excluding hydrogens is 260 g/mol. The lowest BCUT2D eigenvalue weighted by molar-refractivity contribution is 0.673. The van der Waals surface area contributed by atoms with Crippen molar-refractivity contribution in [1.29, 1.82) is 0 Å². The number of halogens is 1. The number of pyridine rings is 1. The molecule has 0 unspecified atom stereocenters. The molecule has 4 nitrogen and oxygen atoms in total. The van der Waals surface area contributed by atoms with Crippen molar-refractivity contribution >= 4 is 11.6 Å². The topological polar surface area (TPSA) is 42.7 Å². The van der Waals surface area contributed by atoms with Crippen LogP contribution in [0.2, 0.25) is 5.02 Å². The van der Waals surface area contributed by atoms with Gasteiger partial charge in [-0.05, 0) is 38.4 Å². The number of nitrogens with zero attached hydrogens (tertiary/aromatic N) is 3. The first kappa shape index (κ1) is 14.0. The van der Waals surface area contributed by atoms with Crippen LogP contribution >= 0.6 is 11.6 Å². The van der Waals surface area contributed by atoms with Crippen molar-refractivity contribution in [3.63, 3.8) is 0 Å². The van der Waals surface area contributed by atoms with Crippen LogP contribution in [0.4, 0.5) is 0 Å². The molecule has 0 aliphatic carbocycles. The van der Waals surface area contributed by atoms with Crippen LogP contribution in [0.25, 0.3) is 5.82 Å². The molecule has 0 saturated heterocycles. The van der Waals surface area contributed by atoms with Crippen LogP contribution < -0.4 is 5.32 Å². The standard InChI is InChI=1S/C14H19ClN4/c1-4-5-16-7-12-6-13(15)14(17-8-12)19-9-18-10(2)11(19)3/h6,8-9,16H,4-5,7H2,1-3H3. The average molecular weight is 279 g/mol. The predicted octanol–water partition coefficient (Wildman–Crippen LogP) is 3.04. The first-order valence-electron chi connectivity index (χ1n) is 6.49. The van der Waals surface area contributed by atoms with Gasteiger partial charge in [0.15, 0.2) is 5.82 Å². The number of imidazole rings is 1. The van der Waals surface area contributed by atoms with E-state index in [0.29, 0.717) is 5.02 Å². The van der Waals surface area contributed by atoms with Gasteiger partial charge in [0.05, 0.1) is 10.7 Å². The summed E-state index contributed by atoms with van der Waals surface area (Å²) in [5.41, 5.74) is 3.15. The summed E-state index contributed by atoms with van der Waals surface area (Å²) in [5.74, 6) is 0.735. The molecule has 2 heterocycles. The average Bonchev–Trinajstić information content (AvgIpc) is 2.71. The lowest BCUT2D eigenvalue weighted by atomic mass is 10.2. The molecule has 0 saturated carbocycles. The van der Waals surface area contributed by atoms with Crippen LogP contribution in [0.5, 0.6) is 0 Å². The summed E-state index contributed by atoms with van der Waals surface area (Å²) in [6.45, 7) is 7.92. The minimum absolute atomic E-state index is 0.649. The fourth-order valence-electron chi connectivity index (χ4n) is 1.87. The maximum atomic E-state index is 6.32. The van der Waals surface area contributed by atoms with E-state index in [0.717, 1.165) is 42.3 Å². The van der Waals surface area contributed by atoms with Gasteiger partial charge in [0.2, 0.25) is 0 Å². The van der Waals surface area contributed by atoms with Crippen molar-refractivity contribution in [1.82, 2.24) is 19.9 Å². The molecule has 0 aliphatic rings. The Hall–Kier alpha value is -1.39. The van der Waals surface area contributed by atoms with E-state index in [-0.39, 0.29) is 0 Å². The molecule has 2 aromatic heterocycles. The van der Waals surface area contributed by atoms with Gasteiger partial charge in [0, 0.05) is 18.4 Å². The van der Waals surface area contributed by atoms with Crippen molar-refractivity contribution in [3.05, 3.63) is 40.6 Å². The van der Waals surface area contributed by atoms with Gasteiger partial charge in [0.1, 0.15) is 6.33 Å². The highest BCUT2D eigenvalue weighted by molar-refractivity contribution is 6.32. The number of aromatic nitrogens is 3. The van der Waals surface area contributed by atoms with Crippen LogP contribution in [-0.4, -0.2) is 21.1 Å². The summed E-state index contributed by atoms with van der Waals surface area (Å²) < 4.78 is 1.92. The van der Waals surface area contributed by atoms with Crippen LogP contribution in [-0.2, 0) is 6.54 Å². The summed E-state index contributed by atoms with van der Waals surface area (Å²) >= 11 is 6.32. The number of hydrogen-bond acceptors (Lipinski definition) is 3. The summed E-state index contributed by atoms with van der Waals surface area (Å²) in [7, 11) is 0. The molecular formula is C14H19ClN4. The van der Waals surface area contributed by atoms with Gasteiger partial charge in [-0.2, -0.15) is 0 Å². The fourth-order valence-corrected chi connectivity index (χ4v) is 2.15. The smallest absolute Gasteiger partial charge is 0.156 e. The molecule has 0 spiro atoms. The van der Waals surface area contributed by atoms with E-state index in [4.69, 9.17) is 11.6 Å². The lowest BCUT2D eigenvalue weighted by Gasteiger charge is -2.09. The van der Waals surface area contributed by atoms with Gasteiger partial charge in [-0.1, -0.05) is 18.5 Å². The lowest BCUT2D eigenvalue weighted by Crippen LogP contribution is -2.14. The van der Waals surface area contributed by atoms with Crippen molar-refractivity contribution in [3.8, 4) is 5.82 Å². The Morgan fingerprint density at radius 1 is 1.32 bits per heavy atom. The highest BCUT2D eigenvalue weighted by Crippen LogP contribution is 2.21. The Bertz CT molecular complexity index is 563. The van der Waals surface area contributed by atoms with Crippen LogP contribution in [0.1, 0.15) is 30.3 Å². The third-order valence-corrected chi connectivity index (χ3v) is 3.39. The predicted molar refractivity (Wildman–Crippen MR) is 77.8 cm³/mol. The second-order valence-corrected chi connectivity index (χ2v) is 5.02. The molecule has 19 heavy (non-hydrogen) atoms. The normalized spacial score (nSPS) is 10.9. The third-order valence-electron chi connectivity index (χ3n) is 3.11. The van der Waals surface area contributed by atoms with E-state index in [1.165, 1.54) is 0 Å². The van der Waals surface area contributed by atoms with E-state index < -0.39 is 0 Å². The zero-order valence-corrected chi connectivity index (χ0v) is 12.3. The fraction of sp³-hybridized carbons (Fsp3) is 0.429. The van der Waals surface area contributed by atoms with Gasteiger partial charge < -0.3 is 5.32 Å². The highest BCUT2D eigenvalue weighted by Gasteiger charge is 2.10. The molecule has 0 bridgehead atoms. The van der Waals surface area contributed by atoms with Crippen molar-refractivity contribution in [2.24, 2.45) is 0 Å². The van der Waals surface area contributed by atoms with Crippen molar-refractivity contribution in [2.45, 2.75) is 33.7 Å². The van der Waals surface area contributed by atoms with E-state index in [9.17, 15) is 0 Å². The minimum Gasteiger partial charge on any atom is -0.313 e. The van der Waals surface area contributed by atoms with Crippen LogP contribution in [0.3, 0.4) is 0 Å². The number of rotatable bonds is 5. The van der Waals surface area contributed by atoms with E-state index >= 15 is 0 Å². The minimum atomic E-state index is 0.649. The summed E-state index contributed by atoms with van der Waals surface area (Å²) in [6, 6.07) is 1.96. The maximum Gasteiger partial charge on any atom is 0.156 e. The van der Waals surface area contributed by atoms with Crippen molar-refractivity contribution in [2.75, 3.05) is 6.54 Å². The monoisotopic (exact) mass is 278 g/mol. The quantitative estimate of drug-likeness (QED) is 0.855. The van der Waals surface area contributed by atoms with Gasteiger partial charge in [0.25, 0.3) is 0 Å². The van der Waals surface area contributed by atoms with Gasteiger partial charge in [-0.25, -0.2) is 9.97 Å². The molecule has 102 valence electrons. The van der Waals surface area contributed by atoms with Gasteiger partial charge in [-0.3, -0.25) is 4.57 Å². The SMILES string of the molecule is CCCNCc1cnc(-n2cnc(C)c2C)c(Cl)c1. The maximum absolute atomic E-state index is 6.32. The summed E-state index contributed by atoms with van der Waals surface area (Å²) in [5, 5.41) is 3.98. The zero-order chi connectivity index (χ0) is 13.8.